The molecule has 0 aliphatic rings. The molecule has 0 spiro atoms. The van der Waals surface area contributed by atoms with Crippen LogP contribution >= 0.6 is 35.3 Å². The van der Waals surface area contributed by atoms with Crippen LogP contribution in [0.15, 0.2) is 0 Å². The zero-order valence-corrected chi connectivity index (χ0v) is 14.8. The molecule has 0 rings (SSSR count). The lowest BCUT2D eigenvalue weighted by Gasteiger charge is -2.14. The summed E-state index contributed by atoms with van der Waals surface area (Å²) in [5.41, 5.74) is 0. The van der Waals surface area contributed by atoms with Gasteiger partial charge in [-0.25, -0.2) is 0 Å². The highest BCUT2D eigenvalue weighted by molar-refractivity contribution is 7.98. The smallest absolute Gasteiger partial charge is 0.386 e. The SMILES string of the molecule is CSCCCOB(OCCCSC)OCCCSC. The number of rotatable bonds is 15. The van der Waals surface area contributed by atoms with Gasteiger partial charge in [-0.05, 0) is 55.3 Å². The quantitative estimate of drug-likeness (QED) is 0.339. The van der Waals surface area contributed by atoms with Gasteiger partial charge in [-0.15, -0.1) is 0 Å². The molecule has 3 nitrogen and oxygen atoms in total. The first-order valence-electron chi connectivity index (χ1n) is 6.66. The van der Waals surface area contributed by atoms with E-state index in [0.29, 0.717) is 19.8 Å². The Morgan fingerprint density at radius 1 is 0.632 bits per heavy atom. The monoisotopic (exact) mass is 326 g/mol. The van der Waals surface area contributed by atoms with E-state index in [1.807, 2.05) is 35.3 Å². The zero-order chi connectivity index (χ0) is 14.2. The fourth-order valence-electron chi connectivity index (χ4n) is 1.29. The molecule has 0 heterocycles. The van der Waals surface area contributed by atoms with Crippen LogP contribution in [-0.4, -0.2) is 63.2 Å². The molecule has 0 fully saturated rings. The van der Waals surface area contributed by atoms with Crippen LogP contribution in [0.1, 0.15) is 19.3 Å². The van der Waals surface area contributed by atoms with Crippen LogP contribution in [0.25, 0.3) is 0 Å². The average Bonchev–Trinajstić information content (AvgIpc) is 2.43. The molecule has 19 heavy (non-hydrogen) atoms. The molecule has 0 N–H and O–H groups in total. The summed E-state index contributed by atoms with van der Waals surface area (Å²) in [5, 5.41) is 0. The predicted octanol–water partition coefficient (Wildman–Crippen LogP) is 3.28. The second kappa shape index (κ2) is 17.0. The molecule has 0 radical (unpaired) electrons. The highest BCUT2D eigenvalue weighted by Crippen LogP contribution is 2.03. The molecule has 0 unspecified atom stereocenters. The average molecular weight is 326 g/mol. The highest BCUT2D eigenvalue weighted by Gasteiger charge is 2.20. The van der Waals surface area contributed by atoms with Crippen LogP contribution in [0.3, 0.4) is 0 Å². The van der Waals surface area contributed by atoms with E-state index in [4.69, 9.17) is 14.0 Å². The Labute approximate surface area is 131 Å². The van der Waals surface area contributed by atoms with E-state index in [-0.39, 0.29) is 0 Å². The summed E-state index contributed by atoms with van der Waals surface area (Å²) >= 11 is 5.51. The Morgan fingerprint density at radius 3 is 1.21 bits per heavy atom. The Hall–Kier alpha value is 0.995. The Morgan fingerprint density at radius 2 is 0.947 bits per heavy atom. The maximum absolute atomic E-state index is 5.63. The fraction of sp³-hybridized carbons (Fsp3) is 1.00. The standard InChI is InChI=1S/C12H27BO3S3/c1-17-10-4-7-14-13(15-8-5-11-18-2)16-9-6-12-19-3/h4-12H2,1-3H3. The first-order valence-corrected chi connectivity index (χ1v) is 10.8. The van der Waals surface area contributed by atoms with Crippen LogP contribution in [0.4, 0.5) is 0 Å². The predicted molar refractivity (Wildman–Crippen MR) is 92.6 cm³/mol. The van der Waals surface area contributed by atoms with Crippen molar-refractivity contribution in [1.29, 1.82) is 0 Å². The largest absolute Gasteiger partial charge is 0.639 e. The molecule has 0 aromatic carbocycles. The van der Waals surface area contributed by atoms with Crippen molar-refractivity contribution in [2.75, 3.05) is 55.8 Å². The van der Waals surface area contributed by atoms with Crippen LogP contribution in [0.5, 0.6) is 0 Å². The summed E-state index contributed by atoms with van der Waals surface area (Å²) < 4.78 is 16.9. The highest BCUT2D eigenvalue weighted by atomic mass is 32.2. The zero-order valence-electron chi connectivity index (χ0n) is 12.4. The second-order valence-electron chi connectivity index (χ2n) is 3.94. The van der Waals surface area contributed by atoms with Crippen molar-refractivity contribution in [2.24, 2.45) is 0 Å². The van der Waals surface area contributed by atoms with Crippen LogP contribution in [0, 0.1) is 0 Å². The van der Waals surface area contributed by atoms with Crippen molar-refractivity contribution in [1.82, 2.24) is 0 Å². The Bertz CT molecular complexity index is 150. The minimum absolute atomic E-state index is 0.481. The third-order valence-corrected chi connectivity index (χ3v) is 4.33. The third kappa shape index (κ3) is 15.2. The van der Waals surface area contributed by atoms with Gasteiger partial charge in [0.15, 0.2) is 0 Å². The summed E-state index contributed by atoms with van der Waals surface area (Å²) in [4.78, 5) is 0. The van der Waals surface area contributed by atoms with Gasteiger partial charge in [0.1, 0.15) is 0 Å². The topological polar surface area (TPSA) is 27.7 Å². The lowest BCUT2D eigenvalue weighted by molar-refractivity contribution is 0.0940. The first-order chi connectivity index (χ1) is 9.35. The van der Waals surface area contributed by atoms with Gasteiger partial charge in [-0.3, -0.25) is 0 Å². The van der Waals surface area contributed by atoms with Crippen molar-refractivity contribution in [3.05, 3.63) is 0 Å². The van der Waals surface area contributed by atoms with Crippen molar-refractivity contribution in [3.8, 4) is 0 Å². The molecule has 0 amide bonds. The molecule has 0 bridgehead atoms. The van der Waals surface area contributed by atoms with Gasteiger partial charge in [0.25, 0.3) is 0 Å². The number of thioether (sulfide) groups is 3. The lowest BCUT2D eigenvalue weighted by atomic mass is 10.2. The summed E-state index contributed by atoms with van der Waals surface area (Å²) in [6.07, 6.45) is 9.44. The van der Waals surface area contributed by atoms with E-state index >= 15 is 0 Å². The van der Waals surface area contributed by atoms with Crippen molar-refractivity contribution < 1.29 is 14.0 Å². The van der Waals surface area contributed by atoms with Gasteiger partial charge in [-0.2, -0.15) is 35.3 Å². The minimum atomic E-state index is -0.481. The van der Waals surface area contributed by atoms with E-state index < -0.39 is 7.32 Å². The van der Waals surface area contributed by atoms with Gasteiger partial charge in [0, 0.05) is 19.8 Å². The molecule has 7 heteroatoms. The van der Waals surface area contributed by atoms with Crippen LogP contribution in [-0.2, 0) is 14.0 Å². The first kappa shape index (κ1) is 20.0. The van der Waals surface area contributed by atoms with Crippen LogP contribution in [0.2, 0.25) is 0 Å². The van der Waals surface area contributed by atoms with Crippen molar-refractivity contribution in [3.63, 3.8) is 0 Å². The molecule has 0 aromatic rings. The number of hydrogen-bond acceptors (Lipinski definition) is 6. The van der Waals surface area contributed by atoms with E-state index in [2.05, 4.69) is 18.8 Å². The Balaban J connectivity index is 3.66. The summed E-state index contributed by atoms with van der Waals surface area (Å²) in [6.45, 7) is 2.11. The molecular formula is C12H27BO3S3. The fourth-order valence-corrected chi connectivity index (χ4v) is 2.51. The third-order valence-electron chi connectivity index (χ3n) is 2.24. The minimum Gasteiger partial charge on any atom is -0.386 e. The van der Waals surface area contributed by atoms with E-state index in [1.54, 1.807) is 0 Å². The molecule has 0 saturated carbocycles. The lowest BCUT2D eigenvalue weighted by Crippen LogP contribution is -2.29. The maximum atomic E-state index is 5.63. The van der Waals surface area contributed by atoms with E-state index in [1.165, 1.54) is 0 Å². The van der Waals surface area contributed by atoms with Gasteiger partial charge in [-0.1, -0.05) is 0 Å². The normalized spacial score (nSPS) is 10.9. The molecule has 0 atom stereocenters. The summed E-state index contributed by atoms with van der Waals surface area (Å²) in [6, 6.07) is 0. The van der Waals surface area contributed by atoms with Gasteiger partial charge in [0.2, 0.25) is 0 Å². The molecule has 0 aliphatic carbocycles. The summed E-state index contributed by atoms with van der Waals surface area (Å²) in [7, 11) is -0.481. The Kier molecular flexibility index (Phi) is 17.9. The van der Waals surface area contributed by atoms with Gasteiger partial charge < -0.3 is 14.0 Å². The van der Waals surface area contributed by atoms with Crippen LogP contribution < -0.4 is 0 Å². The number of hydrogen-bond donors (Lipinski definition) is 0. The molecule has 114 valence electrons. The molecule has 0 saturated heterocycles. The molecular weight excluding hydrogens is 299 g/mol. The van der Waals surface area contributed by atoms with Gasteiger partial charge in [0.05, 0.1) is 0 Å². The van der Waals surface area contributed by atoms with Crippen molar-refractivity contribution in [2.45, 2.75) is 19.3 Å². The van der Waals surface area contributed by atoms with Gasteiger partial charge >= 0.3 is 7.32 Å². The van der Waals surface area contributed by atoms with E-state index in [0.717, 1.165) is 36.5 Å². The molecule has 0 aromatic heterocycles. The molecule has 0 aliphatic heterocycles. The van der Waals surface area contributed by atoms with E-state index in [9.17, 15) is 0 Å². The van der Waals surface area contributed by atoms with Crippen molar-refractivity contribution >= 4 is 42.6 Å². The summed E-state index contributed by atoms with van der Waals surface area (Å²) in [5.74, 6) is 3.35. The second-order valence-corrected chi connectivity index (χ2v) is 6.90. The maximum Gasteiger partial charge on any atom is 0.639 e.